The number of anilines is 3. The van der Waals surface area contributed by atoms with Crippen LogP contribution in [0, 0.1) is 12.3 Å². The van der Waals surface area contributed by atoms with Gasteiger partial charge in [0.15, 0.2) is 0 Å². The standard InChI is InChI=1S/C27H28ClN3O7/c1-14-9-10-18(38-14)24(27(2)12-37-13-27)30-21-20(22(32)23(21)33)29-16-7-4-6-15(19(16)28)25(34)31-11-5-8-17(31)26(35)36-3/h4,6-7,9-10,17,24,29-30H,5,8,11-13H2,1-3H3/t17-,24?/m0/s1. The Kier molecular flexibility index (Phi) is 6.79. The lowest BCUT2D eigenvalue weighted by molar-refractivity contribution is -0.145. The SMILES string of the molecule is COC(=O)[C@@H]1CCCN1C(=O)c1cccc(Nc2c(NC(c3ccc(C)o3)C3(C)COC3)c(=O)c2=O)c1Cl. The molecule has 0 radical (unpaired) electrons. The van der Waals surface area contributed by atoms with Gasteiger partial charge in [-0.25, -0.2) is 4.79 Å². The molecule has 1 amide bonds. The minimum atomic E-state index is -0.699. The van der Waals surface area contributed by atoms with Gasteiger partial charge in [-0.1, -0.05) is 24.6 Å². The van der Waals surface area contributed by atoms with Gasteiger partial charge in [0.25, 0.3) is 16.8 Å². The van der Waals surface area contributed by atoms with Crippen LogP contribution in [-0.4, -0.2) is 49.7 Å². The number of rotatable bonds is 8. The normalized spacial score (nSPS) is 19.2. The molecule has 2 aliphatic heterocycles. The zero-order valence-corrected chi connectivity index (χ0v) is 22.0. The van der Waals surface area contributed by atoms with E-state index in [1.807, 2.05) is 26.0 Å². The Morgan fingerprint density at radius 1 is 1.16 bits per heavy atom. The van der Waals surface area contributed by atoms with Crippen LogP contribution in [0.3, 0.4) is 0 Å². The molecule has 1 unspecified atom stereocenters. The van der Waals surface area contributed by atoms with E-state index in [1.165, 1.54) is 12.0 Å². The summed E-state index contributed by atoms with van der Waals surface area (Å²) in [6, 6.07) is 7.35. The molecule has 200 valence electrons. The predicted molar refractivity (Wildman–Crippen MR) is 141 cm³/mol. The fraction of sp³-hybridized carbons (Fsp3) is 0.407. The summed E-state index contributed by atoms with van der Waals surface area (Å²) in [5.41, 5.74) is -1.10. The fourth-order valence-corrected chi connectivity index (χ4v) is 5.31. The number of hydrogen-bond acceptors (Lipinski definition) is 9. The Bertz CT molecular complexity index is 1470. The van der Waals surface area contributed by atoms with E-state index in [4.69, 9.17) is 25.5 Å². The average molecular weight is 542 g/mol. The number of hydrogen-bond donors (Lipinski definition) is 2. The van der Waals surface area contributed by atoms with Crippen LogP contribution in [0.25, 0.3) is 0 Å². The second kappa shape index (κ2) is 9.92. The Labute approximate surface area is 223 Å². The summed E-state index contributed by atoms with van der Waals surface area (Å²) in [5, 5.41) is 6.23. The van der Waals surface area contributed by atoms with Gasteiger partial charge in [-0.3, -0.25) is 14.4 Å². The number of amides is 1. The predicted octanol–water partition coefficient (Wildman–Crippen LogP) is 3.55. The van der Waals surface area contributed by atoms with Crippen LogP contribution in [0.15, 0.2) is 44.3 Å². The molecule has 2 fully saturated rings. The number of benzene rings is 1. The summed E-state index contributed by atoms with van der Waals surface area (Å²) in [6.07, 6.45) is 1.17. The quantitative estimate of drug-likeness (QED) is 0.325. The molecule has 1 aromatic heterocycles. The highest BCUT2D eigenvalue weighted by atomic mass is 35.5. The van der Waals surface area contributed by atoms with Crippen LogP contribution in [0.2, 0.25) is 5.02 Å². The van der Waals surface area contributed by atoms with E-state index in [1.54, 1.807) is 18.2 Å². The van der Waals surface area contributed by atoms with E-state index in [9.17, 15) is 19.2 Å². The monoisotopic (exact) mass is 541 g/mol. The first-order valence-corrected chi connectivity index (χ1v) is 12.7. The maximum Gasteiger partial charge on any atom is 0.328 e. The van der Waals surface area contributed by atoms with Gasteiger partial charge >= 0.3 is 5.97 Å². The molecular formula is C27H28ClN3O7. The fourth-order valence-electron chi connectivity index (χ4n) is 5.05. The van der Waals surface area contributed by atoms with Crippen LogP contribution in [-0.2, 0) is 14.3 Å². The lowest BCUT2D eigenvalue weighted by Gasteiger charge is -2.44. The molecule has 2 aromatic carbocycles. The molecule has 0 saturated carbocycles. The minimum Gasteiger partial charge on any atom is -0.467 e. The highest BCUT2D eigenvalue weighted by Crippen LogP contribution is 2.43. The maximum atomic E-state index is 13.3. The number of halogens is 1. The van der Waals surface area contributed by atoms with E-state index in [-0.39, 0.29) is 33.1 Å². The number of ether oxygens (including phenoxy) is 2. The Hall–Kier alpha value is -3.63. The Morgan fingerprint density at radius 3 is 2.53 bits per heavy atom. The molecule has 0 aliphatic carbocycles. The molecule has 0 bridgehead atoms. The molecule has 11 heteroatoms. The first-order valence-electron chi connectivity index (χ1n) is 12.3. The zero-order chi connectivity index (χ0) is 27.2. The summed E-state index contributed by atoms with van der Waals surface area (Å²) < 4.78 is 16.1. The highest BCUT2D eigenvalue weighted by Gasteiger charge is 2.45. The summed E-state index contributed by atoms with van der Waals surface area (Å²) in [4.78, 5) is 52.1. The lowest BCUT2D eigenvalue weighted by atomic mass is 9.79. The minimum absolute atomic E-state index is 0.0484. The summed E-state index contributed by atoms with van der Waals surface area (Å²) >= 11 is 6.61. The van der Waals surface area contributed by atoms with Gasteiger partial charge in [-0.05, 0) is 44.0 Å². The van der Waals surface area contributed by atoms with Crippen molar-refractivity contribution in [2.45, 2.75) is 38.8 Å². The molecule has 2 atom stereocenters. The summed E-state index contributed by atoms with van der Waals surface area (Å²) in [6.45, 7) is 5.16. The van der Waals surface area contributed by atoms with E-state index in [0.717, 1.165) is 5.76 Å². The van der Waals surface area contributed by atoms with Crippen molar-refractivity contribution in [3.8, 4) is 0 Å². The number of likely N-dealkylation sites (tertiary alicyclic amines) is 1. The van der Waals surface area contributed by atoms with E-state index >= 15 is 0 Å². The molecule has 2 aliphatic rings. The smallest absolute Gasteiger partial charge is 0.328 e. The topological polar surface area (TPSA) is 127 Å². The third-order valence-corrected chi connectivity index (χ3v) is 7.69. The van der Waals surface area contributed by atoms with Crippen molar-refractivity contribution in [1.82, 2.24) is 4.90 Å². The van der Waals surface area contributed by atoms with Crippen molar-refractivity contribution in [2.75, 3.05) is 37.5 Å². The number of furan rings is 1. The van der Waals surface area contributed by atoms with E-state index in [0.29, 0.717) is 38.4 Å². The van der Waals surface area contributed by atoms with Crippen LogP contribution in [0.1, 0.15) is 47.7 Å². The molecule has 2 N–H and O–H groups in total. The lowest BCUT2D eigenvalue weighted by Crippen LogP contribution is -2.49. The van der Waals surface area contributed by atoms with Gasteiger partial charge in [0.05, 0.1) is 42.6 Å². The molecule has 3 heterocycles. The molecule has 3 aromatic rings. The van der Waals surface area contributed by atoms with Crippen LogP contribution >= 0.6 is 11.6 Å². The highest BCUT2D eigenvalue weighted by molar-refractivity contribution is 6.36. The number of nitrogens with one attached hydrogen (secondary N) is 2. The Balaban J connectivity index is 1.42. The third kappa shape index (κ3) is 4.37. The van der Waals surface area contributed by atoms with Gasteiger partial charge in [0.1, 0.15) is 28.9 Å². The average Bonchev–Trinajstić information content (AvgIpc) is 3.56. The number of methoxy groups -OCH3 is 1. The second-order valence-corrected chi connectivity index (χ2v) is 10.4. The Morgan fingerprint density at radius 2 is 1.89 bits per heavy atom. The maximum absolute atomic E-state index is 13.3. The van der Waals surface area contributed by atoms with Gasteiger partial charge in [-0.15, -0.1) is 0 Å². The van der Waals surface area contributed by atoms with Gasteiger partial charge in [0.2, 0.25) is 0 Å². The van der Waals surface area contributed by atoms with Crippen LogP contribution in [0.5, 0.6) is 0 Å². The third-order valence-electron chi connectivity index (χ3n) is 7.28. The molecule has 38 heavy (non-hydrogen) atoms. The molecule has 5 rings (SSSR count). The molecule has 0 spiro atoms. The first kappa shape index (κ1) is 26.0. The molecule has 2 saturated heterocycles. The van der Waals surface area contributed by atoms with Crippen LogP contribution < -0.4 is 21.5 Å². The van der Waals surface area contributed by atoms with Crippen LogP contribution in [0.4, 0.5) is 17.1 Å². The number of nitrogens with zero attached hydrogens (tertiary/aromatic N) is 1. The van der Waals surface area contributed by atoms with Crippen molar-refractivity contribution in [3.05, 3.63) is 72.9 Å². The molecule has 10 nitrogen and oxygen atoms in total. The largest absolute Gasteiger partial charge is 0.467 e. The van der Waals surface area contributed by atoms with E-state index < -0.39 is 34.8 Å². The van der Waals surface area contributed by atoms with E-state index in [2.05, 4.69) is 10.6 Å². The molecular weight excluding hydrogens is 514 g/mol. The van der Waals surface area contributed by atoms with Gasteiger partial charge < -0.3 is 29.4 Å². The zero-order valence-electron chi connectivity index (χ0n) is 21.3. The van der Waals surface area contributed by atoms with Crippen molar-refractivity contribution in [2.24, 2.45) is 5.41 Å². The van der Waals surface area contributed by atoms with Crippen molar-refractivity contribution >= 4 is 40.5 Å². The van der Waals surface area contributed by atoms with Crippen molar-refractivity contribution in [3.63, 3.8) is 0 Å². The number of esters is 1. The van der Waals surface area contributed by atoms with Crippen molar-refractivity contribution in [1.29, 1.82) is 0 Å². The number of carbonyl (C=O) groups is 2. The van der Waals surface area contributed by atoms with Gasteiger partial charge in [0, 0.05) is 12.0 Å². The van der Waals surface area contributed by atoms with Gasteiger partial charge in [-0.2, -0.15) is 0 Å². The number of carbonyl (C=O) groups excluding carboxylic acids is 2. The van der Waals surface area contributed by atoms with Crippen molar-refractivity contribution < 1.29 is 23.5 Å². The number of aryl methyl sites for hydroxylation is 1. The summed E-state index contributed by atoms with van der Waals surface area (Å²) in [7, 11) is 1.28. The first-order chi connectivity index (χ1) is 18.1. The second-order valence-electron chi connectivity index (χ2n) is 10.1. The summed E-state index contributed by atoms with van der Waals surface area (Å²) in [5.74, 6) is 0.456.